The SMILES string of the molecule is CS(=O)(=O)C1(C(=O)O)C=CC=CC1. The Hall–Kier alpha value is -1.10. The molecule has 72 valence electrons. The van der Waals surface area contributed by atoms with E-state index in [1.165, 1.54) is 18.2 Å². The smallest absolute Gasteiger partial charge is 0.329 e. The maximum atomic E-state index is 11.3. The molecule has 0 aromatic rings. The van der Waals surface area contributed by atoms with Crippen LogP contribution in [0, 0.1) is 0 Å². The van der Waals surface area contributed by atoms with Crippen molar-refractivity contribution in [3.63, 3.8) is 0 Å². The Morgan fingerprint density at radius 1 is 1.46 bits per heavy atom. The highest BCUT2D eigenvalue weighted by atomic mass is 32.2. The number of carboxylic acids is 1. The predicted molar refractivity (Wildman–Crippen MR) is 48.1 cm³/mol. The predicted octanol–water partition coefficient (Wildman–Crippen LogP) is 0.370. The van der Waals surface area contributed by atoms with Gasteiger partial charge in [0.25, 0.3) is 0 Å². The highest BCUT2D eigenvalue weighted by molar-refractivity contribution is 7.93. The molecule has 1 aliphatic carbocycles. The van der Waals surface area contributed by atoms with Gasteiger partial charge in [0.05, 0.1) is 0 Å². The first kappa shape index (κ1) is 9.98. The third kappa shape index (κ3) is 1.51. The first-order valence-corrected chi connectivity index (χ1v) is 5.57. The van der Waals surface area contributed by atoms with Crippen molar-refractivity contribution >= 4 is 15.8 Å². The van der Waals surface area contributed by atoms with Crippen molar-refractivity contribution in [1.82, 2.24) is 0 Å². The summed E-state index contributed by atoms with van der Waals surface area (Å²) in [5.74, 6) is -1.32. The van der Waals surface area contributed by atoms with Crippen LogP contribution < -0.4 is 0 Å². The van der Waals surface area contributed by atoms with E-state index in [0.717, 1.165) is 6.26 Å². The molecule has 5 heteroatoms. The summed E-state index contributed by atoms with van der Waals surface area (Å²) in [5.41, 5.74) is 0. The second-order valence-corrected chi connectivity index (χ2v) is 5.23. The third-order valence-corrected chi connectivity index (χ3v) is 3.86. The van der Waals surface area contributed by atoms with E-state index < -0.39 is 20.6 Å². The molecule has 1 N–H and O–H groups in total. The Labute approximate surface area is 76.5 Å². The molecule has 1 rings (SSSR count). The topological polar surface area (TPSA) is 71.4 Å². The molecule has 0 amide bonds. The number of carboxylic acid groups (broad SMARTS) is 1. The lowest BCUT2D eigenvalue weighted by Crippen LogP contribution is -2.44. The summed E-state index contributed by atoms with van der Waals surface area (Å²) in [6.07, 6.45) is 6.76. The van der Waals surface area contributed by atoms with Crippen LogP contribution in [-0.2, 0) is 14.6 Å². The molecule has 4 nitrogen and oxygen atoms in total. The van der Waals surface area contributed by atoms with Gasteiger partial charge >= 0.3 is 5.97 Å². The molecule has 0 fully saturated rings. The Balaban J connectivity index is 3.27. The molecule has 1 aliphatic rings. The van der Waals surface area contributed by atoms with E-state index in [2.05, 4.69) is 0 Å². The standard InChI is InChI=1S/C8H10O4S/c1-13(11,12)8(7(9)10)5-3-2-4-6-8/h2-5H,6H2,1H3,(H,9,10). The minimum Gasteiger partial charge on any atom is -0.480 e. The molecule has 1 unspecified atom stereocenters. The summed E-state index contributed by atoms with van der Waals surface area (Å²) in [4.78, 5) is 10.9. The van der Waals surface area contributed by atoms with Gasteiger partial charge in [0, 0.05) is 6.26 Å². The van der Waals surface area contributed by atoms with Crippen LogP contribution in [0.25, 0.3) is 0 Å². The second-order valence-electron chi connectivity index (χ2n) is 2.96. The van der Waals surface area contributed by atoms with Crippen LogP contribution in [0.15, 0.2) is 24.3 Å². The van der Waals surface area contributed by atoms with E-state index in [1.54, 1.807) is 6.08 Å². The van der Waals surface area contributed by atoms with Crippen molar-refractivity contribution < 1.29 is 18.3 Å². The monoisotopic (exact) mass is 202 g/mol. The maximum Gasteiger partial charge on any atom is 0.329 e. The van der Waals surface area contributed by atoms with E-state index in [0.29, 0.717) is 0 Å². The van der Waals surface area contributed by atoms with Crippen molar-refractivity contribution in [2.75, 3.05) is 6.26 Å². The van der Waals surface area contributed by atoms with Crippen LogP contribution in [0.1, 0.15) is 6.42 Å². The van der Waals surface area contributed by atoms with Gasteiger partial charge in [0.2, 0.25) is 0 Å². The van der Waals surface area contributed by atoms with E-state index in [1.807, 2.05) is 0 Å². The largest absolute Gasteiger partial charge is 0.480 e. The van der Waals surface area contributed by atoms with Crippen LogP contribution in [0.4, 0.5) is 0 Å². The third-order valence-electron chi connectivity index (χ3n) is 2.06. The van der Waals surface area contributed by atoms with Gasteiger partial charge in [0.1, 0.15) is 0 Å². The van der Waals surface area contributed by atoms with Crippen molar-refractivity contribution in [1.29, 1.82) is 0 Å². The fourth-order valence-corrected chi connectivity index (χ4v) is 2.23. The number of carbonyl (C=O) groups is 1. The molecule has 0 bridgehead atoms. The van der Waals surface area contributed by atoms with Gasteiger partial charge in [-0.1, -0.05) is 24.3 Å². The average molecular weight is 202 g/mol. The van der Waals surface area contributed by atoms with Gasteiger partial charge in [-0.25, -0.2) is 8.42 Å². The number of allylic oxidation sites excluding steroid dienone is 3. The van der Waals surface area contributed by atoms with Crippen LogP contribution >= 0.6 is 0 Å². The highest BCUT2D eigenvalue weighted by Crippen LogP contribution is 2.26. The lowest BCUT2D eigenvalue weighted by Gasteiger charge is -2.23. The minimum absolute atomic E-state index is 0.00231. The van der Waals surface area contributed by atoms with E-state index in [9.17, 15) is 13.2 Å². The molecule has 1 atom stereocenters. The lowest BCUT2D eigenvalue weighted by atomic mass is 10.0. The van der Waals surface area contributed by atoms with E-state index >= 15 is 0 Å². The van der Waals surface area contributed by atoms with Crippen LogP contribution in [0.2, 0.25) is 0 Å². The average Bonchev–Trinajstić information content (AvgIpc) is 2.03. The fourth-order valence-electron chi connectivity index (χ4n) is 1.19. The molecule has 0 saturated heterocycles. The van der Waals surface area contributed by atoms with Crippen LogP contribution in [0.3, 0.4) is 0 Å². The second kappa shape index (κ2) is 2.99. The molecular weight excluding hydrogens is 192 g/mol. The summed E-state index contributed by atoms with van der Waals surface area (Å²) >= 11 is 0. The van der Waals surface area contributed by atoms with Gasteiger partial charge in [-0.2, -0.15) is 0 Å². The van der Waals surface area contributed by atoms with Crippen molar-refractivity contribution in [3.05, 3.63) is 24.3 Å². The zero-order valence-electron chi connectivity index (χ0n) is 7.10. The Morgan fingerprint density at radius 3 is 2.31 bits per heavy atom. The van der Waals surface area contributed by atoms with Gasteiger partial charge < -0.3 is 5.11 Å². The van der Waals surface area contributed by atoms with Gasteiger partial charge in [-0.05, 0) is 6.42 Å². The van der Waals surface area contributed by atoms with Crippen molar-refractivity contribution in [2.24, 2.45) is 0 Å². The zero-order chi connectivity index (χ0) is 10.1. The number of rotatable bonds is 2. The van der Waals surface area contributed by atoms with Crippen molar-refractivity contribution in [2.45, 2.75) is 11.2 Å². The number of hydrogen-bond donors (Lipinski definition) is 1. The Kier molecular flexibility index (Phi) is 2.30. The molecule has 0 aromatic heterocycles. The molecular formula is C8H10O4S. The fraction of sp³-hybridized carbons (Fsp3) is 0.375. The molecule has 0 aromatic carbocycles. The van der Waals surface area contributed by atoms with Gasteiger partial charge in [-0.15, -0.1) is 0 Å². The number of hydrogen-bond acceptors (Lipinski definition) is 3. The first-order chi connectivity index (χ1) is 5.90. The summed E-state index contributed by atoms with van der Waals surface area (Å²) in [6.45, 7) is 0. The minimum atomic E-state index is -3.62. The van der Waals surface area contributed by atoms with Crippen LogP contribution in [-0.4, -0.2) is 30.5 Å². The first-order valence-electron chi connectivity index (χ1n) is 3.67. The quantitative estimate of drug-likeness (QED) is 0.702. The molecule has 0 aliphatic heterocycles. The molecule has 0 radical (unpaired) electrons. The maximum absolute atomic E-state index is 11.3. The summed E-state index contributed by atoms with van der Waals surface area (Å²) in [6, 6.07) is 0. The normalized spacial score (nSPS) is 27.5. The molecule has 0 saturated carbocycles. The Morgan fingerprint density at radius 2 is 2.08 bits per heavy atom. The Bertz CT molecular complexity index is 377. The highest BCUT2D eigenvalue weighted by Gasteiger charge is 2.45. The van der Waals surface area contributed by atoms with Gasteiger partial charge in [-0.3, -0.25) is 4.79 Å². The summed E-state index contributed by atoms with van der Waals surface area (Å²) < 4.78 is 20.8. The molecule has 13 heavy (non-hydrogen) atoms. The van der Waals surface area contributed by atoms with Gasteiger partial charge in [0.15, 0.2) is 14.6 Å². The number of aliphatic carboxylic acids is 1. The zero-order valence-corrected chi connectivity index (χ0v) is 7.91. The lowest BCUT2D eigenvalue weighted by molar-refractivity contribution is -0.138. The molecule has 0 heterocycles. The summed E-state index contributed by atoms with van der Waals surface area (Å²) in [7, 11) is -3.62. The van der Waals surface area contributed by atoms with E-state index in [4.69, 9.17) is 5.11 Å². The summed E-state index contributed by atoms with van der Waals surface area (Å²) in [5, 5.41) is 8.86. The molecule has 0 spiro atoms. The van der Waals surface area contributed by atoms with Crippen molar-refractivity contribution in [3.8, 4) is 0 Å². The van der Waals surface area contributed by atoms with Crippen LogP contribution in [0.5, 0.6) is 0 Å². The number of sulfone groups is 1. The van der Waals surface area contributed by atoms with E-state index in [-0.39, 0.29) is 6.42 Å².